The first-order valence-corrected chi connectivity index (χ1v) is 6.23. The first-order valence-electron chi connectivity index (χ1n) is 6.23. The molecule has 2 aromatic carbocycles. The van der Waals surface area contributed by atoms with Gasteiger partial charge in [-0.25, -0.2) is 0 Å². The molecular weight excluding hydrogens is 232 g/mol. The highest BCUT2D eigenvalue weighted by Gasteiger charge is 2.24. The number of rotatable bonds is 4. The Balaban J connectivity index is 2.39. The Hall–Kier alpha value is -2.58. The summed E-state index contributed by atoms with van der Waals surface area (Å²) in [5.74, 6) is -0.373. The number of hydrogen-bond acceptors (Lipinski definition) is 2. The van der Waals surface area contributed by atoms with Crippen molar-refractivity contribution in [2.75, 3.05) is 0 Å². The van der Waals surface area contributed by atoms with Gasteiger partial charge in [0.15, 0.2) is 0 Å². The minimum absolute atomic E-state index is 0.0846. The quantitative estimate of drug-likeness (QED) is 0.818. The lowest BCUT2D eigenvalue weighted by Gasteiger charge is -2.20. The molecule has 19 heavy (non-hydrogen) atoms. The zero-order valence-electron chi connectivity index (χ0n) is 10.5. The van der Waals surface area contributed by atoms with Crippen molar-refractivity contribution in [2.45, 2.75) is 18.3 Å². The zero-order valence-corrected chi connectivity index (χ0v) is 10.5. The maximum atomic E-state index is 9.48. The van der Waals surface area contributed by atoms with E-state index in [0.717, 1.165) is 11.1 Å². The molecule has 0 aliphatic rings. The van der Waals surface area contributed by atoms with Crippen molar-refractivity contribution >= 4 is 0 Å². The van der Waals surface area contributed by atoms with Gasteiger partial charge in [-0.05, 0) is 11.1 Å². The summed E-state index contributed by atoms with van der Waals surface area (Å²) in [6.45, 7) is 0. The number of hydrogen-bond donors (Lipinski definition) is 0. The van der Waals surface area contributed by atoms with Gasteiger partial charge in [-0.1, -0.05) is 60.7 Å². The van der Waals surface area contributed by atoms with E-state index >= 15 is 0 Å². The van der Waals surface area contributed by atoms with Gasteiger partial charge in [-0.15, -0.1) is 0 Å². The Labute approximate surface area is 113 Å². The van der Waals surface area contributed by atoms with E-state index in [9.17, 15) is 5.26 Å². The standard InChI is InChI=1S/C17H14N2/c18-12-11-16(14-7-3-1-4-8-14)17(13-19)15-9-5-2-6-10-15/h1-10,16-17H,11H2/t16-,17+/m1/s1. The lowest BCUT2D eigenvalue weighted by atomic mass is 9.80. The predicted octanol–water partition coefficient (Wildman–Crippen LogP) is 3.99. The van der Waals surface area contributed by atoms with Crippen LogP contribution in [-0.4, -0.2) is 0 Å². The number of nitriles is 2. The molecule has 2 nitrogen and oxygen atoms in total. The van der Waals surface area contributed by atoms with Gasteiger partial charge in [0.05, 0.1) is 18.1 Å². The Bertz CT molecular complexity index is 591. The van der Waals surface area contributed by atoms with Crippen molar-refractivity contribution < 1.29 is 0 Å². The van der Waals surface area contributed by atoms with E-state index in [4.69, 9.17) is 5.26 Å². The molecule has 0 aliphatic carbocycles. The first-order chi connectivity index (χ1) is 9.36. The smallest absolute Gasteiger partial charge is 0.0791 e. The van der Waals surface area contributed by atoms with Crippen LogP contribution >= 0.6 is 0 Å². The van der Waals surface area contributed by atoms with Crippen LogP contribution in [0.15, 0.2) is 60.7 Å². The summed E-state index contributed by atoms with van der Waals surface area (Å²) in [5.41, 5.74) is 2.01. The van der Waals surface area contributed by atoms with Crippen LogP contribution in [0.3, 0.4) is 0 Å². The molecule has 0 unspecified atom stereocenters. The molecule has 0 saturated carbocycles. The SMILES string of the molecule is N#CC[C@H](c1ccccc1)[C@@H](C#N)c1ccccc1. The van der Waals surface area contributed by atoms with E-state index < -0.39 is 0 Å². The van der Waals surface area contributed by atoms with E-state index in [1.807, 2.05) is 60.7 Å². The van der Waals surface area contributed by atoms with Gasteiger partial charge in [0.1, 0.15) is 0 Å². The van der Waals surface area contributed by atoms with Crippen molar-refractivity contribution in [1.29, 1.82) is 10.5 Å². The van der Waals surface area contributed by atoms with Crippen molar-refractivity contribution in [3.63, 3.8) is 0 Å². The average molecular weight is 246 g/mol. The van der Waals surface area contributed by atoms with E-state index in [-0.39, 0.29) is 11.8 Å². The summed E-state index contributed by atoms with van der Waals surface area (Å²) in [4.78, 5) is 0. The molecule has 2 heteroatoms. The first kappa shape index (κ1) is 12.9. The van der Waals surface area contributed by atoms with E-state index in [0.29, 0.717) is 6.42 Å². The Morgan fingerprint density at radius 1 is 0.789 bits per heavy atom. The Morgan fingerprint density at radius 2 is 1.32 bits per heavy atom. The fourth-order valence-corrected chi connectivity index (χ4v) is 2.28. The summed E-state index contributed by atoms with van der Waals surface area (Å²) in [5, 5.41) is 18.5. The van der Waals surface area contributed by atoms with Crippen molar-refractivity contribution in [3.8, 4) is 12.1 Å². The highest BCUT2D eigenvalue weighted by Crippen LogP contribution is 2.34. The second-order valence-electron chi connectivity index (χ2n) is 4.40. The summed E-state index contributed by atoms with van der Waals surface area (Å²) < 4.78 is 0. The van der Waals surface area contributed by atoms with Crippen LogP contribution in [0.2, 0.25) is 0 Å². The molecule has 0 fully saturated rings. The molecule has 92 valence electrons. The van der Waals surface area contributed by atoms with Gasteiger partial charge in [0, 0.05) is 12.3 Å². The van der Waals surface area contributed by atoms with E-state index in [1.54, 1.807) is 0 Å². The Kier molecular flexibility index (Phi) is 4.32. The third-order valence-corrected chi connectivity index (χ3v) is 3.24. The molecule has 2 rings (SSSR count). The fraction of sp³-hybridized carbons (Fsp3) is 0.176. The van der Waals surface area contributed by atoms with Gasteiger partial charge in [-0.3, -0.25) is 0 Å². The van der Waals surface area contributed by atoms with Crippen LogP contribution in [0, 0.1) is 22.7 Å². The lowest BCUT2D eigenvalue weighted by Crippen LogP contribution is -2.09. The third-order valence-electron chi connectivity index (χ3n) is 3.24. The summed E-state index contributed by atoms with van der Waals surface area (Å²) >= 11 is 0. The van der Waals surface area contributed by atoms with Gasteiger partial charge in [0.25, 0.3) is 0 Å². The lowest BCUT2D eigenvalue weighted by molar-refractivity contribution is 0.641. The average Bonchev–Trinajstić information content (AvgIpc) is 2.49. The number of benzene rings is 2. The minimum Gasteiger partial charge on any atom is -0.198 e. The van der Waals surface area contributed by atoms with E-state index in [2.05, 4.69) is 12.1 Å². The molecule has 0 aliphatic heterocycles. The molecule has 0 saturated heterocycles. The maximum absolute atomic E-state index is 9.48. The summed E-state index contributed by atoms with van der Waals surface area (Å²) in [7, 11) is 0. The van der Waals surface area contributed by atoms with Gasteiger partial charge in [-0.2, -0.15) is 10.5 Å². The number of nitrogens with zero attached hydrogens (tertiary/aromatic N) is 2. The van der Waals surface area contributed by atoms with Crippen LogP contribution in [-0.2, 0) is 0 Å². The summed E-state index contributed by atoms with van der Waals surface area (Å²) in [6, 6.07) is 24.0. The maximum Gasteiger partial charge on any atom is 0.0791 e. The minimum atomic E-state index is -0.289. The highest BCUT2D eigenvalue weighted by molar-refractivity contribution is 5.33. The van der Waals surface area contributed by atoms with Crippen LogP contribution < -0.4 is 0 Å². The molecule has 0 spiro atoms. The van der Waals surface area contributed by atoms with Gasteiger partial charge >= 0.3 is 0 Å². The monoisotopic (exact) mass is 246 g/mol. The van der Waals surface area contributed by atoms with Crippen molar-refractivity contribution in [2.24, 2.45) is 0 Å². The zero-order chi connectivity index (χ0) is 13.5. The largest absolute Gasteiger partial charge is 0.198 e. The Morgan fingerprint density at radius 3 is 1.79 bits per heavy atom. The second-order valence-corrected chi connectivity index (χ2v) is 4.40. The molecule has 0 heterocycles. The van der Waals surface area contributed by atoms with Gasteiger partial charge in [0.2, 0.25) is 0 Å². The molecule has 2 atom stereocenters. The topological polar surface area (TPSA) is 47.6 Å². The normalized spacial score (nSPS) is 12.9. The van der Waals surface area contributed by atoms with E-state index in [1.165, 1.54) is 0 Å². The van der Waals surface area contributed by atoms with Crippen LogP contribution in [0.4, 0.5) is 0 Å². The molecule has 2 aromatic rings. The highest BCUT2D eigenvalue weighted by atomic mass is 14.3. The van der Waals surface area contributed by atoms with Crippen molar-refractivity contribution in [3.05, 3.63) is 71.8 Å². The predicted molar refractivity (Wildman–Crippen MR) is 74.2 cm³/mol. The second kappa shape index (κ2) is 6.38. The molecule has 0 amide bonds. The third kappa shape index (κ3) is 3.00. The molecular formula is C17H14N2. The molecule has 0 bridgehead atoms. The fourth-order valence-electron chi connectivity index (χ4n) is 2.28. The molecule has 0 aromatic heterocycles. The van der Waals surface area contributed by atoms with Crippen molar-refractivity contribution in [1.82, 2.24) is 0 Å². The van der Waals surface area contributed by atoms with Gasteiger partial charge < -0.3 is 0 Å². The van der Waals surface area contributed by atoms with Crippen LogP contribution in [0.25, 0.3) is 0 Å². The summed E-state index contributed by atoms with van der Waals surface area (Å²) in [6.07, 6.45) is 0.344. The van der Waals surface area contributed by atoms with Crippen LogP contribution in [0.1, 0.15) is 29.4 Å². The molecule has 0 radical (unpaired) electrons. The molecule has 0 N–H and O–H groups in total. The van der Waals surface area contributed by atoms with Crippen LogP contribution in [0.5, 0.6) is 0 Å².